The summed E-state index contributed by atoms with van der Waals surface area (Å²) in [6.07, 6.45) is 6.95. The first-order chi connectivity index (χ1) is 16.0. The minimum atomic E-state index is -0.335. The number of carbonyl (C=O) groups excluding carboxylic acids is 2. The molecule has 0 bridgehead atoms. The van der Waals surface area contributed by atoms with Crippen LogP contribution in [0.2, 0.25) is 0 Å². The van der Waals surface area contributed by atoms with Crippen LogP contribution in [0.3, 0.4) is 0 Å². The fourth-order valence-electron chi connectivity index (χ4n) is 5.35. The average Bonchev–Trinajstić information content (AvgIpc) is 3.49. The second-order valence-electron chi connectivity index (χ2n) is 9.51. The fraction of sp³-hybridized carbons (Fsp3) is 0.500. The lowest BCUT2D eigenvalue weighted by atomic mass is 9.98. The van der Waals surface area contributed by atoms with Crippen molar-refractivity contribution < 1.29 is 14.3 Å². The molecule has 34 heavy (non-hydrogen) atoms. The van der Waals surface area contributed by atoms with Crippen molar-refractivity contribution in [3.8, 4) is 0 Å². The lowest BCUT2D eigenvalue weighted by molar-refractivity contribution is 0.0746. The van der Waals surface area contributed by atoms with Crippen LogP contribution >= 0.6 is 12.4 Å². The zero-order valence-corrected chi connectivity index (χ0v) is 20.7. The molecular formula is C26H33ClN4O3. The van der Waals surface area contributed by atoms with Gasteiger partial charge in [-0.3, -0.25) is 9.69 Å². The highest BCUT2D eigenvalue weighted by molar-refractivity contribution is 5.96. The fourth-order valence-corrected chi connectivity index (χ4v) is 5.35. The van der Waals surface area contributed by atoms with Gasteiger partial charge in [0, 0.05) is 43.6 Å². The molecule has 5 rings (SSSR count). The SMILES string of the molecule is Cc1cc(C2CCCC2)cnc1N1CCN(C(=O)c2ccc(N3C(=O)OCC3C)cc2)CC1.Cl. The lowest BCUT2D eigenvalue weighted by Gasteiger charge is -2.36. The predicted octanol–water partition coefficient (Wildman–Crippen LogP) is 4.78. The minimum absolute atomic E-state index is 0. The number of hydrogen-bond donors (Lipinski definition) is 0. The maximum atomic E-state index is 13.0. The van der Waals surface area contributed by atoms with Gasteiger partial charge in [0.05, 0.1) is 6.04 Å². The predicted molar refractivity (Wildman–Crippen MR) is 135 cm³/mol. The highest BCUT2D eigenvalue weighted by Crippen LogP contribution is 2.35. The van der Waals surface area contributed by atoms with Gasteiger partial charge < -0.3 is 14.5 Å². The normalized spacial score (nSPS) is 20.9. The Morgan fingerprint density at radius 1 is 1.06 bits per heavy atom. The van der Waals surface area contributed by atoms with E-state index in [0.717, 1.165) is 24.6 Å². The molecule has 1 aromatic heterocycles. The van der Waals surface area contributed by atoms with E-state index in [-0.39, 0.29) is 30.4 Å². The van der Waals surface area contributed by atoms with Crippen molar-refractivity contribution >= 4 is 35.9 Å². The number of hydrogen-bond acceptors (Lipinski definition) is 5. The molecule has 7 nitrogen and oxygen atoms in total. The number of piperazine rings is 1. The summed E-state index contributed by atoms with van der Waals surface area (Å²) in [5.41, 5.74) is 4.00. The summed E-state index contributed by atoms with van der Waals surface area (Å²) >= 11 is 0. The lowest BCUT2D eigenvalue weighted by Crippen LogP contribution is -2.49. The second-order valence-corrected chi connectivity index (χ2v) is 9.51. The number of ether oxygens (including phenoxy) is 1. The van der Waals surface area contributed by atoms with Gasteiger partial charge in [0.2, 0.25) is 0 Å². The number of rotatable bonds is 4. The summed E-state index contributed by atoms with van der Waals surface area (Å²) in [4.78, 5) is 35.6. The number of anilines is 2. The molecule has 0 spiro atoms. The van der Waals surface area contributed by atoms with Crippen LogP contribution in [0.4, 0.5) is 16.3 Å². The van der Waals surface area contributed by atoms with Crippen molar-refractivity contribution in [3.05, 3.63) is 53.2 Å². The molecule has 1 unspecified atom stereocenters. The van der Waals surface area contributed by atoms with E-state index >= 15 is 0 Å². The van der Waals surface area contributed by atoms with Crippen molar-refractivity contribution in [2.45, 2.75) is 51.5 Å². The Morgan fingerprint density at radius 2 is 1.74 bits per heavy atom. The molecule has 0 N–H and O–H groups in total. The Labute approximate surface area is 207 Å². The molecule has 1 aliphatic carbocycles. The quantitative estimate of drug-likeness (QED) is 0.625. The van der Waals surface area contributed by atoms with Crippen LogP contribution in [0.15, 0.2) is 36.5 Å². The maximum Gasteiger partial charge on any atom is 0.414 e. The van der Waals surface area contributed by atoms with Crippen molar-refractivity contribution in [1.82, 2.24) is 9.88 Å². The van der Waals surface area contributed by atoms with E-state index in [1.807, 2.05) is 24.0 Å². The number of nitrogens with zero attached hydrogens (tertiary/aromatic N) is 4. The van der Waals surface area contributed by atoms with Crippen molar-refractivity contribution in [2.75, 3.05) is 42.6 Å². The molecule has 1 atom stereocenters. The summed E-state index contributed by atoms with van der Waals surface area (Å²) in [6, 6.07) is 9.56. The van der Waals surface area contributed by atoms with Gasteiger partial charge in [0.1, 0.15) is 12.4 Å². The molecule has 1 saturated carbocycles. The average molecular weight is 485 g/mol. The van der Waals surface area contributed by atoms with Crippen molar-refractivity contribution in [2.24, 2.45) is 0 Å². The van der Waals surface area contributed by atoms with Gasteiger partial charge in [-0.15, -0.1) is 12.4 Å². The first-order valence-electron chi connectivity index (χ1n) is 12.1. The third kappa shape index (κ3) is 4.71. The number of amides is 2. The highest BCUT2D eigenvalue weighted by atomic mass is 35.5. The number of cyclic esters (lactones) is 1. The Kier molecular flexibility index (Phi) is 7.31. The zero-order valence-electron chi connectivity index (χ0n) is 19.9. The van der Waals surface area contributed by atoms with Crippen LogP contribution in [-0.2, 0) is 4.74 Å². The summed E-state index contributed by atoms with van der Waals surface area (Å²) in [6.45, 7) is 7.37. The van der Waals surface area contributed by atoms with E-state index in [0.29, 0.717) is 31.2 Å². The number of benzene rings is 1. The molecule has 1 aromatic carbocycles. The van der Waals surface area contributed by atoms with Crippen LogP contribution in [0.5, 0.6) is 0 Å². The van der Waals surface area contributed by atoms with Crippen LogP contribution < -0.4 is 9.80 Å². The van der Waals surface area contributed by atoms with Gasteiger partial charge >= 0.3 is 6.09 Å². The summed E-state index contributed by atoms with van der Waals surface area (Å²) in [5, 5.41) is 0. The maximum absolute atomic E-state index is 13.0. The molecule has 2 aliphatic heterocycles. The highest BCUT2D eigenvalue weighted by Gasteiger charge is 2.31. The molecule has 2 aromatic rings. The summed E-state index contributed by atoms with van der Waals surface area (Å²) in [7, 11) is 0. The van der Waals surface area contributed by atoms with Gasteiger partial charge in [-0.1, -0.05) is 18.9 Å². The third-order valence-electron chi connectivity index (χ3n) is 7.24. The van der Waals surface area contributed by atoms with Crippen molar-refractivity contribution in [1.29, 1.82) is 0 Å². The van der Waals surface area contributed by atoms with E-state index in [2.05, 4.69) is 24.1 Å². The van der Waals surface area contributed by atoms with E-state index in [4.69, 9.17) is 9.72 Å². The van der Waals surface area contributed by atoms with Gasteiger partial charge in [0.25, 0.3) is 5.91 Å². The Balaban J connectivity index is 0.00000274. The second kappa shape index (κ2) is 10.2. The van der Waals surface area contributed by atoms with Gasteiger partial charge in [-0.2, -0.15) is 0 Å². The summed E-state index contributed by atoms with van der Waals surface area (Å²) in [5.74, 6) is 1.74. The smallest absolute Gasteiger partial charge is 0.414 e. The monoisotopic (exact) mass is 484 g/mol. The third-order valence-corrected chi connectivity index (χ3v) is 7.24. The zero-order chi connectivity index (χ0) is 22.9. The first kappa shape index (κ1) is 24.3. The largest absolute Gasteiger partial charge is 0.447 e. The van der Waals surface area contributed by atoms with Gasteiger partial charge in [-0.25, -0.2) is 9.78 Å². The summed E-state index contributed by atoms with van der Waals surface area (Å²) < 4.78 is 5.09. The molecular weight excluding hydrogens is 452 g/mol. The topological polar surface area (TPSA) is 66.0 Å². The van der Waals surface area contributed by atoms with Crippen LogP contribution in [0.25, 0.3) is 0 Å². The molecule has 3 heterocycles. The number of carbonyl (C=O) groups is 2. The molecule has 2 amide bonds. The molecule has 8 heteroatoms. The molecule has 3 aliphatic rings. The molecule has 0 radical (unpaired) electrons. The van der Waals surface area contributed by atoms with E-state index < -0.39 is 0 Å². The Bertz CT molecular complexity index is 1030. The van der Waals surface area contributed by atoms with E-state index in [1.165, 1.54) is 36.8 Å². The van der Waals surface area contributed by atoms with Crippen LogP contribution in [-0.4, -0.2) is 60.7 Å². The van der Waals surface area contributed by atoms with Crippen molar-refractivity contribution in [3.63, 3.8) is 0 Å². The Morgan fingerprint density at radius 3 is 2.32 bits per heavy atom. The van der Waals surface area contributed by atoms with E-state index in [1.54, 1.807) is 17.0 Å². The number of aromatic nitrogens is 1. The minimum Gasteiger partial charge on any atom is -0.447 e. The van der Waals surface area contributed by atoms with Gasteiger partial charge in [-0.05, 0) is 68.0 Å². The van der Waals surface area contributed by atoms with Crippen LogP contribution in [0.1, 0.15) is 60.0 Å². The number of aryl methyl sites for hydroxylation is 1. The Hall–Kier alpha value is -2.80. The molecule has 3 fully saturated rings. The standard InChI is InChI=1S/C26H32N4O3.ClH/c1-18-15-22(20-5-3-4-6-20)16-27-24(18)28-11-13-29(14-12-28)25(31)21-7-9-23(10-8-21)30-19(2)17-33-26(30)32;/h7-10,15-16,19-20H,3-6,11-14,17H2,1-2H3;1H. The number of pyridine rings is 1. The number of halogens is 1. The first-order valence-corrected chi connectivity index (χ1v) is 12.1. The van der Waals surface area contributed by atoms with Crippen LogP contribution in [0, 0.1) is 6.92 Å². The van der Waals surface area contributed by atoms with E-state index in [9.17, 15) is 9.59 Å². The van der Waals surface area contributed by atoms with Gasteiger partial charge in [0.15, 0.2) is 0 Å². The molecule has 182 valence electrons. The molecule has 2 saturated heterocycles.